The zero-order chi connectivity index (χ0) is 11.6. The lowest BCUT2D eigenvalue weighted by atomic mass is 9.95. The van der Waals surface area contributed by atoms with Gasteiger partial charge in [-0.25, -0.2) is 0 Å². The first-order valence-corrected chi connectivity index (χ1v) is 6.21. The fourth-order valence-electron chi connectivity index (χ4n) is 2.66. The second kappa shape index (κ2) is 4.54. The van der Waals surface area contributed by atoms with Gasteiger partial charge < -0.3 is 4.74 Å². The minimum absolute atomic E-state index is 0.308. The molecule has 2 heteroatoms. The molecule has 2 atom stereocenters. The van der Waals surface area contributed by atoms with Crippen molar-refractivity contribution in [1.82, 2.24) is 4.98 Å². The molecule has 1 fully saturated rings. The van der Waals surface area contributed by atoms with Crippen molar-refractivity contribution in [3.8, 4) is 0 Å². The van der Waals surface area contributed by atoms with Gasteiger partial charge in [0, 0.05) is 31.0 Å². The molecule has 0 amide bonds. The zero-order valence-electron chi connectivity index (χ0n) is 10.5. The van der Waals surface area contributed by atoms with Crippen LogP contribution in [-0.2, 0) is 16.6 Å². The third-order valence-corrected chi connectivity index (χ3v) is 3.97. The highest BCUT2D eigenvalue weighted by Gasteiger charge is 2.54. The molecule has 0 radical (unpaired) electrons. The lowest BCUT2D eigenvalue weighted by molar-refractivity contribution is 0.177. The fraction of sp³-hybridized carbons (Fsp3) is 0.643. The van der Waals surface area contributed by atoms with Crippen LogP contribution in [-0.4, -0.2) is 18.7 Å². The fourth-order valence-corrected chi connectivity index (χ4v) is 2.66. The van der Waals surface area contributed by atoms with Gasteiger partial charge in [0.05, 0.1) is 0 Å². The number of aromatic nitrogens is 1. The highest BCUT2D eigenvalue weighted by atomic mass is 16.5. The molecule has 16 heavy (non-hydrogen) atoms. The minimum atomic E-state index is 0.308. The smallest absolute Gasteiger partial charge is 0.0499 e. The molecule has 1 saturated carbocycles. The number of hydrogen-bond acceptors (Lipinski definition) is 2. The van der Waals surface area contributed by atoms with Gasteiger partial charge in [0.2, 0.25) is 0 Å². The van der Waals surface area contributed by atoms with Gasteiger partial charge in [0.25, 0.3) is 0 Å². The van der Waals surface area contributed by atoms with Crippen molar-refractivity contribution in [3.63, 3.8) is 0 Å². The van der Waals surface area contributed by atoms with Crippen molar-refractivity contribution in [2.45, 2.75) is 38.5 Å². The molecule has 1 aliphatic carbocycles. The van der Waals surface area contributed by atoms with E-state index in [9.17, 15) is 0 Å². The molecule has 2 nitrogen and oxygen atoms in total. The van der Waals surface area contributed by atoms with Crippen LogP contribution >= 0.6 is 0 Å². The molecule has 1 aliphatic rings. The van der Waals surface area contributed by atoms with Crippen LogP contribution in [0.25, 0.3) is 0 Å². The lowest BCUT2D eigenvalue weighted by Crippen LogP contribution is -2.13. The normalized spacial score (nSPS) is 28.1. The first-order chi connectivity index (χ1) is 7.76. The Hall–Kier alpha value is -0.890. The number of pyridine rings is 1. The van der Waals surface area contributed by atoms with E-state index in [2.05, 4.69) is 31.0 Å². The highest BCUT2D eigenvalue weighted by Crippen LogP contribution is 2.56. The predicted molar refractivity (Wildman–Crippen MR) is 65.6 cm³/mol. The second-order valence-electron chi connectivity index (χ2n) is 4.77. The van der Waals surface area contributed by atoms with Gasteiger partial charge in [0.1, 0.15) is 0 Å². The molecular formula is C14H21NO. The van der Waals surface area contributed by atoms with E-state index >= 15 is 0 Å². The number of nitrogens with zero attached hydrogens (tertiary/aromatic N) is 1. The van der Waals surface area contributed by atoms with Gasteiger partial charge in [-0.3, -0.25) is 4.98 Å². The standard InChI is InChI=1S/C14H21NO/c1-4-11-6-7-13(15-9-11)14(5-2)8-12(14)10-16-3/h6-7,9,12H,4-5,8,10H2,1-3H3/t12-,14+/m1/s1. The molecule has 1 aromatic rings. The average molecular weight is 219 g/mol. The van der Waals surface area contributed by atoms with E-state index in [1.807, 2.05) is 6.20 Å². The summed E-state index contributed by atoms with van der Waals surface area (Å²) in [5, 5.41) is 0. The van der Waals surface area contributed by atoms with E-state index in [1.165, 1.54) is 24.1 Å². The Bertz CT molecular complexity index is 346. The number of hydrogen-bond donors (Lipinski definition) is 0. The summed E-state index contributed by atoms with van der Waals surface area (Å²) >= 11 is 0. The van der Waals surface area contributed by atoms with Gasteiger partial charge >= 0.3 is 0 Å². The van der Waals surface area contributed by atoms with E-state index < -0.39 is 0 Å². The van der Waals surface area contributed by atoms with E-state index in [0.717, 1.165) is 13.0 Å². The summed E-state index contributed by atoms with van der Waals surface area (Å²) in [7, 11) is 1.78. The van der Waals surface area contributed by atoms with Crippen LogP contribution in [0, 0.1) is 5.92 Å². The third kappa shape index (κ3) is 1.86. The number of ether oxygens (including phenoxy) is 1. The van der Waals surface area contributed by atoms with Crippen molar-refractivity contribution in [2.75, 3.05) is 13.7 Å². The molecule has 0 aromatic carbocycles. The summed E-state index contributed by atoms with van der Waals surface area (Å²) < 4.78 is 5.26. The number of rotatable bonds is 5. The Kier molecular flexibility index (Phi) is 3.29. The molecular weight excluding hydrogens is 198 g/mol. The van der Waals surface area contributed by atoms with Crippen molar-refractivity contribution in [2.24, 2.45) is 5.92 Å². The monoisotopic (exact) mass is 219 g/mol. The lowest BCUT2D eigenvalue weighted by Gasteiger charge is -2.14. The SMILES string of the molecule is CCc1ccc([C@@]2(CC)C[C@@H]2COC)nc1. The molecule has 2 rings (SSSR count). The van der Waals surface area contributed by atoms with Crippen molar-refractivity contribution in [3.05, 3.63) is 29.6 Å². The van der Waals surface area contributed by atoms with Crippen LogP contribution < -0.4 is 0 Å². The molecule has 1 heterocycles. The number of aryl methyl sites for hydroxylation is 1. The van der Waals surface area contributed by atoms with E-state index in [4.69, 9.17) is 4.74 Å². The van der Waals surface area contributed by atoms with Gasteiger partial charge in [-0.15, -0.1) is 0 Å². The van der Waals surface area contributed by atoms with E-state index in [1.54, 1.807) is 7.11 Å². The van der Waals surface area contributed by atoms with Crippen LogP contribution in [0.1, 0.15) is 37.9 Å². The van der Waals surface area contributed by atoms with Gasteiger partial charge in [-0.05, 0) is 36.8 Å². The topological polar surface area (TPSA) is 22.1 Å². The quantitative estimate of drug-likeness (QED) is 0.759. The van der Waals surface area contributed by atoms with Crippen LogP contribution in [0.3, 0.4) is 0 Å². The first-order valence-electron chi connectivity index (χ1n) is 6.21. The second-order valence-corrected chi connectivity index (χ2v) is 4.77. The molecule has 0 spiro atoms. The van der Waals surface area contributed by atoms with Crippen molar-refractivity contribution < 1.29 is 4.74 Å². The predicted octanol–water partition coefficient (Wildman–Crippen LogP) is 2.96. The molecule has 0 N–H and O–H groups in total. The maximum absolute atomic E-state index is 5.26. The van der Waals surface area contributed by atoms with Gasteiger partial charge in [-0.1, -0.05) is 19.9 Å². The first kappa shape index (κ1) is 11.6. The molecule has 0 aliphatic heterocycles. The maximum atomic E-state index is 5.26. The Balaban J connectivity index is 2.16. The Labute approximate surface area is 98.0 Å². The minimum Gasteiger partial charge on any atom is -0.384 e. The summed E-state index contributed by atoms with van der Waals surface area (Å²) in [5.74, 6) is 0.669. The Morgan fingerprint density at radius 3 is 2.75 bits per heavy atom. The molecule has 0 saturated heterocycles. The van der Waals surface area contributed by atoms with Crippen LogP contribution in [0.2, 0.25) is 0 Å². The summed E-state index contributed by atoms with van der Waals surface area (Å²) in [4.78, 5) is 4.63. The Morgan fingerprint density at radius 2 is 2.25 bits per heavy atom. The van der Waals surface area contributed by atoms with E-state index in [0.29, 0.717) is 11.3 Å². The Morgan fingerprint density at radius 1 is 1.44 bits per heavy atom. The average Bonchev–Trinajstić information content (AvgIpc) is 3.05. The molecule has 0 unspecified atom stereocenters. The van der Waals surface area contributed by atoms with Crippen LogP contribution in [0.4, 0.5) is 0 Å². The van der Waals surface area contributed by atoms with Gasteiger partial charge in [-0.2, -0.15) is 0 Å². The highest BCUT2D eigenvalue weighted by molar-refractivity contribution is 5.29. The summed E-state index contributed by atoms with van der Waals surface area (Å²) in [6, 6.07) is 4.42. The summed E-state index contributed by atoms with van der Waals surface area (Å²) in [6.45, 7) is 5.28. The molecule has 88 valence electrons. The largest absolute Gasteiger partial charge is 0.384 e. The van der Waals surface area contributed by atoms with Crippen molar-refractivity contribution in [1.29, 1.82) is 0 Å². The van der Waals surface area contributed by atoms with Crippen LogP contribution in [0.5, 0.6) is 0 Å². The third-order valence-electron chi connectivity index (χ3n) is 3.97. The maximum Gasteiger partial charge on any atom is 0.0499 e. The van der Waals surface area contributed by atoms with Crippen molar-refractivity contribution >= 4 is 0 Å². The molecule has 1 aromatic heterocycles. The zero-order valence-corrected chi connectivity index (χ0v) is 10.5. The number of methoxy groups -OCH3 is 1. The summed E-state index contributed by atoms with van der Waals surface area (Å²) in [5.41, 5.74) is 2.88. The molecule has 0 bridgehead atoms. The van der Waals surface area contributed by atoms with Crippen LogP contribution in [0.15, 0.2) is 18.3 Å². The van der Waals surface area contributed by atoms with E-state index in [-0.39, 0.29) is 0 Å². The summed E-state index contributed by atoms with van der Waals surface area (Å²) in [6.07, 6.45) is 5.48. The van der Waals surface area contributed by atoms with Gasteiger partial charge in [0.15, 0.2) is 0 Å².